The average Bonchev–Trinajstić information content (AvgIpc) is 3.02. The number of esters is 1. The van der Waals surface area contributed by atoms with Gasteiger partial charge in [0, 0.05) is 25.6 Å². The van der Waals surface area contributed by atoms with Gasteiger partial charge in [0.25, 0.3) is 0 Å². The van der Waals surface area contributed by atoms with E-state index in [1.807, 2.05) is 10.6 Å². The van der Waals surface area contributed by atoms with Crippen molar-refractivity contribution in [3.8, 4) is 0 Å². The lowest BCUT2D eigenvalue weighted by molar-refractivity contribution is -0.119. The molecule has 1 unspecified atom stereocenters. The highest BCUT2D eigenvalue weighted by molar-refractivity contribution is 6.11. The lowest BCUT2D eigenvalue weighted by Crippen LogP contribution is -2.20. The van der Waals surface area contributed by atoms with E-state index in [0.29, 0.717) is 40.8 Å². The van der Waals surface area contributed by atoms with Crippen molar-refractivity contribution in [2.75, 3.05) is 38.0 Å². The molecular weight excluding hydrogens is 384 g/mol. The van der Waals surface area contributed by atoms with Crippen molar-refractivity contribution in [1.29, 1.82) is 0 Å². The summed E-state index contributed by atoms with van der Waals surface area (Å²) in [5.74, 6) is 0.0981. The summed E-state index contributed by atoms with van der Waals surface area (Å²) in [6.07, 6.45) is 3.69. The van der Waals surface area contributed by atoms with Crippen molar-refractivity contribution in [2.45, 2.75) is 47.1 Å². The first kappa shape index (κ1) is 23.7. The molecule has 0 spiro atoms. The number of aromatic nitrogens is 2. The number of nitrogens with one attached hydrogen (secondary N) is 2. The first-order valence-corrected chi connectivity index (χ1v) is 10.4. The number of nitrogens with zero attached hydrogens (tertiary/aromatic N) is 2. The molecule has 0 fully saturated rings. The SMILES string of the molecule is CCC(C)CNc1cnc2c(c1)c(NC(=O)COC)c(C(=O)OC)n2CCC(C)C. The molecule has 0 aliphatic carbocycles. The molecule has 30 heavy (non-hydrogen) atoms. The molecule has 2 aromatic rings. The summed E-state index contributed by atoms with van der Waals surface area (Å²) in [5.41, 5.74) is 2.17. The molecule has 8 heteroatoms. The van der Waals surface area contributed by atoms with Gasteiger partial charge in [-0.05, 0) is 24.3 Å². The quantitative estimate of drug-likeness (QED) is 0.537. The predicted octanol–water partition coefficient (Wildman–Crippen LogP) is 3.91. The van der Waals surface area contributed by atoms with E-state index in [1.54, 1.807) is 6.20 Å². The first-order valence-electron chi connectivity index (χ1n) is 10.4. The maximum atomic E-state index is 12.7. The Bertz CT molecular complexity index is 876. The zero-order valence-corrected chi connectivity index (χ0v) is 18.9. The molecule has 0 aliphatic heterocycles. The number of amides is 1. The van der Waals surface area contributed by atoms with E-state index >= 15 is 0 Å². The number of aryl methyl sites for hydroxylation is 1. The van der Waals surface area contributed by atoms with Gasteiger partial charge in [-0.25, -0.2) is 9.78 Å². The molecule has 2 rings (SSSR count). The van der Waals surface area contributed by atoms with Crippen LogP contribution in [0.25, 0.3) is 11.0 Å². The number of carbonyl (C=O) groups excluding carboxylic acids is 2. The van der Waals surface area contributed by atoms with Crippen LogP contribution in [0.15, 0.2) is 12.3 Å². The van der Waals surface area contributed by atoms with Crippen molar-refractivity contribution < 1.29 is 19.1 Å². The van der Waals surface area contributed by atoms with Gasteiger partial charge in [0.05, 0.1) is 24.7 Å². The Morgan fingerprint density at radius 3 is 2.57 bits per heavy atom. The molecule has 0 saturated heterocycles. The lowest BCUT2D eigenvalue weighted by atomic mass is 10.1. The lowest BCUT2D eigenvalue weighted by Gasteiger charge is -2.12. The fourth-order valence-corrected chi connectivity index (χ4v) is 3.11. The topological polar surface area (TPSA) is 94.5 Å². The van der Waals surface area contributed by atoms with E-state index in [9.17, 15) is 9.59 Å². The van der Waals surface area contributed by atoms with Crippen LogP contribution in [0.3, 0.4) is 0 Å². The Morgan fingerprint density at radius 2 is 1.97 bits per heavy atom. The second-order valence-electron chi connectivity index (χ2n) is 8.02. The van der Waals surface area contributed by atoms with Crippen LogP contribution in [0.1, 0.15) is 51.0 Å². The number of pyridine rings is 1. The highest BCUT2D eigenvalue weighted by atomic mass is 16.5. The highest BCUT2D eigenvalue weighted by Gasteiger charge is 2.26. The minimum Gasteiger partial charge on any atom is -0.464 e. The van der Waals surface area contributed by atoms with Crippen LogP contribution in [0, 0.1) is 11.8 Å². The van der Waals surface area contributed by atoms with Gasteiger partial charge in [-0.15, -0.1) is 0 Å². The molecule has 0 saturated carbocycles. The molecular formula is C22H34N4O4. The Balaban J connectivity index is 2.60. The average molecular weight is 419 g/mol. The molecule has 2 aromatic heterocycles. The molecule has 1 atom stereocenters. The van der Waals surface area contributed by atoms with Crippen molar-refractivity contribution >= 4 is 34.3 Å². The number of methoxy groups -OCH3 is 2. The normalized spacial score (nSPS) is 12.2. The second-order valence-corrected chi connectivity index (χ2v) is 8.02. The molecule has 2 N–H and O–H groups in total. The van der Waals surface area contributed by atoms with Crippen LogP contribution in [0.4, 0.5) is 11.4 Å². The van der Waals surface area contributed by atoms with E-state index in [2.05, 4.69) is 43.3 Å². The summed E-state index contributed by atoms with van der Waals surface area (Å²) in [6, 6.07) is 1.92. The fraction of sp³-hybridized carbons (Fsp3) is 0.591. The highest BCUT2D eigenvalue weighted by Crippen LogP contribution is 2.33. The maximum Gasteiger partial charge on any atom is 0.356 e. The summed E-state index contributed by atoms with van der Waals surface area (Å²) >= 11 is 0. The van der Waals surface area contributed by atoms with Gasteiger partial charge < -0.3 is 24.7 Å². The van der Waals surface area contributed by atoms with Gasteiger partial charge in [-0.2, -0.15) is 0 Å². The summed E-state index contributed by atoms with van der Waals surface area (Å²) in [7, 11) is 2.78. The molecule has 2 heterocycles. The molecule has 1 amide bonds. The van der Waals surface area contributed by atoms with E-state index in [1.165, 1.54) is 14.2 Å². The van der Waals surface area contributed by atoms with Gasteiger partial charge >= 0.3 is 5.97 Å². The van der Waals surface area contributed by atoms with Crippen LogP contribution in [-0.4, -0.2) is 48.8 Å². The number of ether oxygens (including phenoxy) is 2. The Labute approximate surface area is 178 Å². The van der Waals surface area contributed by atoms with Crippen LogP contribution < -0.4 is 10.6 Å². The zero-order chi connectivity index (χ0) is 22.3. The monoisotopic (exact) mass is 418 g/mol. The third-order valence-corrected chi connectivity index (χ3v) is 5.10. The summed E-state index contributed by atoms with van der Waals surface area (Å²) < 4.78 is 11.8. The van der Waals surface area contributed by atoms with E-state index in [4.69, 9.17) is 9.47 Å². The van der Waals surface area contributed by atoms with Crippen molar-refractivity contribution in [3.05, 3.63) is 18.0 Å². The maximum absolute atomic E-state index is 12.7. The van der Waals surface area contributed by atoms with Crippen molar-refractivity contribution in [2.24, 2.45) is 11.8 Å². The second kappa shape index (κ2) is 11.0. The number of carbonyl (C=O) groups is 2. The Hall–Kier alpha value is -2.61. The minimum atomic E-state index is -0.515. The fourth-order valence-electron chi connectivity index (χ4n) is 3.11. The number of fused-ring (bicyclic) bond motifs is 1. The minimum absolute atomic E-state index is 0.112. The number of hydrogen-bond donors (Lipinski definition) is 2. The van der Waals surface area contributed by atoms with Crippen molar-refractivity contribution in [1.82, 2.24) is 9.55 Å². The molecule has 0 bridgehead atoms. The van der Waals surface area contributed by atoms with Gasteiger partial charge in [-0.1, -0.05) is 34.1 Å². The molecule has 8 nitrogen and oxygen atoms in total. The Morgan fingerprint density at radius 1 is 1.23 bits per heavy atom. The van der Waals surface area contributed by atoms with Crippen LogP contribution in [-0.2, 0) is 20.8 Å². The summed E-state index contributed by atoms with van der Waals surface area (Å²) in [6.45, 7) is 9.85. The van der Waals surface area contributed by atoms with Crippen LogP contribution >= 0.6 is 0 Å². The largest absolute Gasteiger partial charge is 0.464 e. The number of rotatable bonds is 11. The van der Waals surface area contributed by atoms with Crippen LogP contribution in [0.2, 0.25) is 0 Å². The zero-order valence-electron chi connectivity index (χ0n) is 18.9. The number of hydrogen-bond acceptors (Lipinski definition) is 6. The van der Waals surface area contributed by atoms with E-state index in [-0.39, 0.29) is 12.5 Å². The van der Waals surface area contributed by atoms with E-state index < -0.39 is 5.97 Å². The van der Waals surface area contributed by atoms with E-state index in [0.717, 1.165) is 25.1 Å². The van der Waals surface area contributed by atoms with Gasteiger partial charge in [0.15, 0.2) is 5.69 Å². The number of anilines is 2. The summed E-state index contributed by atoms with van der Waals surface area (Å²) in [4.78, 5) is 29.6. The van der Waals surface area contributed by atoms with Crippen LogP contribution in [0.5, 0.6) is 0 Å². The molecule has 166 valence electrons. The third-order valence-electron chi connectivity index (χ3n) is 5.10. The molecule has 0 aliphatic rings. The van der Waals surface area contributed by atoms with Gasteiger partial charge in [-0.3, -0.25) is 4.79 Å². The Kier molecular flexibility index (Phi) is 8.65. The van der Waals surface area contributed by atoms with Gasteiger partial charge in [0.1, 0.15) is 12.3 Å². The third kappa shape index (κ3) is 5.72. The van der Waals surface area contributed by atoms with Crippen molar-refractivity contribution in [3.63, 3.8) is 0 Å². The van der Waals surface area contributed by atoms with Gasteiger partial charge in [0.2, 0.25) is 5.91 Å². The first-order chi connectivity index (χ1) is 14.3. The summed E-state index contributed by atoms with van der Waals surface area (Å²) in [5, 5.41) is 6.91. The molecule has 0 radical (unpaired) electrons. The molecule has 0 aromatic carbocycles. The standard InChI is InChI=1S/C22H34N4O4/c1-7-15(4)11-23-16-10-17-19(25-18(27)13-29-5)20(22(28)30-6)26(9-8-14(2)3)21(17)24-12-16/h10,12,14-15,23H,7-9,11,13H2,1-6H3,(H,25,27). The predicted molar refractivity (Wildman–Crippen MR) is 119 cm³/mol. The smallest absolute Gasteiger partial charge is 0.356 e.